The number of hydrogen-bond donors (Lipinski definition) is 1. The molecule has 3 heteroatoms. The summed E-state index contributed by atoms with van der Waals surface area (Å²) in [5, 5.41) is 2.70. The maximum atomic E-state index is 10.7. The molecule has 0 aromatic heterocycles. The molecule has 1 fully saturated rings. The molecule has 1 aliphatic carbocycles. The van der Waals surface area contributed by atoms with Gasteiger partial charge in [0.2, 0.25) is 0 Å². The van der Waals surface area contributed by atoms with Gasteiger partial charge in [-0.25, -0.2) is 4.79 Å². The van der Waals surface area contributed by atoms with E-state index in [2.05, 4.69) is 12.2 Å². The largest absolute Gasteiger partial charge is 0.450 e. The van der Waals surface area contributed by atoms with Crippen LogP contribution in [0.1, 0.15) is 19.3 Å². The van der Waals surface area contributed by atoms with Crippen LogP contribution in [0.25, 0.3) is 0 Å². The quantitative estimate of drug-likeness (QED) is 0.640. The van der Waals surface area contributed by atoms with E-state index in [-0.39, 0.29) is 6.09 Å². The number of amides is 1. The van der Waals surface area contributed by atoms with E-state index in [1.165, 1.54) is 0 Å². The summed E-state index contributed by atoms with van der Waals surface area (Å²) in [7, 11) is 0. The molecule has 0 unspecified atom stereocenters. The molecular weight excluding hydrogens is 130 g/mol. The van der Waals surface area contributed by atoms with Gasteiger partial charge in [-0.3, -0.25) is 0 Å². The van der Waals surface area contributed by atoms with Crippen molar-refractivity contribution in [3.63, 3.8) is 0 Å². The third kappa shape index (κ3) is 2.71. The SMILES string of the molecule is [CH2]CCOC(=O)NC1CC1. The molecule has 3 nitrogen and oxygen atoms in total. The molecule has 0 aromatic carbocycles. The Labute approximate surface area is 60.7 Å². The van der Waals surface area contributed by atoms with Gasteiger partial charge in [0, 0.05) is 6.04 Å². The van der Waals surface area contributed by atoms with Crippen molar-refractivity contribution >= 4 is 6.09 Å². The number of carbonyl (C=O) groups excluding carboxylic acids is 1. The van der Waals surface area contributed by atoms with Crippen molar-refractivity contribution in [2.75, 3.05) is 6.61 Å². The smallest absolute Gasteiger partial charge is 0.407 e. The maximum Gasteiger partial charge on any atom is 0.407 e. The molecule has 1 aliphatic rings. The molecule has 1 rings (SSSR count). The van der Waals surface area contributed by atoms with Crippen molar-refractivity contribution in [2.24, 2.45) is 0 Å². The summed E-state index contributed by atoms with van der Waals surface area (Å²) in [6.45, 7) is 3.96. The lowest BCUT2D eigenvalue weighted by molar-refractivity contribution is 0.147. The minimum absolute atomic E-state index is 0.300. The van der Waals surface area contributed by atoms with Crippen LogP contribution in [0.4, 0.5) is 4.79 Å². The first-order valence-electron chi connectivity index (χ1n) is 3.55. The lowest BCUT2D eigenvalue weighted by atomic mass is 10.5. The minimum Gasteiger partial charge on any atom is -0.450 e. The fourth-order valence-corrected chi connectivity index (χ4v) is 0.601. The van der Waals surface area contributed by atoms with Crippen LogP contribution in [0.2, 0.25) is 0 Å². The summed E-state index contributed by atoms with van der Waals surface area (Å²) in [5.41, 5.74) is 0. The van der Waals surface area contributed by atoms with Gasteiger partial charge >= 0.3 is 6.09 Å². The standard InChI is InChI=1S/C7H12NO2/c1-2-5-10-7(9)8-6-3-4-6/h6H,1-5H2,(H,8,9). The normalized spacial score (nSPS) is 16.5. The third-order valence-corrected chi connectivity index (χ3v) is 1.28. The lowest BCUT2D eigenvalue weighted by Gasteiger charge is -2.02. The zero-order valence-corrected chi connectivity index (χ0v) is 5.93. The average Bonchev–Trinajstić information content (AvgIpc) is 2.67. The van der Waals surface area contributed by atoms with Crippen molar-refractivity contribution in [3.8, 4) is 0 Å². The lowest BCUT2D eigenvalue weighted by Crippen LogP contribution is -2.26. The molecule has 0 aromatic rings. The van der Waals surface area contributed by atoms with Crippen LogP contribution in [-0.2, 0) is 4.74 Å². The Bertz CT molecular complexity index is 121. The van der Waals surface area contributed by atoms with E-state index < -0.39 is 0 Å². The van der Waals surface area contributed by atoms with Crippen molar-refractivity contribution < 1.29 is 9.53 Å². The minimum atomic E-state index is -0.300. The second-order valence-electron chi connectivity index (χ2n) is 2.41. The molecular formula is C7H12NO2. The highest BCUT2D eigenvalue weighted by Crippen LogP contribution is 2.18. The van der Waals surface area contributed by atoms with E-state index in [0.717, 1.165) is 12.8 Å². The first kappa shape index (κ1) is 7.38. The zero-order valence-electron chi connectivity index (χ0n) is 5.93. The number of ether oxygens (including phenoxy) is 1. The van der Waals surface area contributed by atoms with Crippen LogP contribution < -0.4 is 5.32 Å². The summed E-state index contributed by atoms with van der Waals surface area (Å²) < 4.78 is 4.73. The molecule has 0 aliphatic heterocycles. The monoisotopic (exact) mass is 142 g/mol. The van der Waals surface area contributed by atoms with Gasteiger partial charge in [-0.1, -0.05) is 0 Å². The van der Waals surface area contributed by atoms with Gasteiger partial charge in [0.1, 0.15) is 0 Å². The van der Waals surface area contributed by atoms with Crippen molar-refractivity contribution in [1.29, 1.82) is 0 Å². The summed E-state index contributed by atoms with van der Waals surface area (Å²) in [6, 6.07) is 0.386. The fraction of sp³-hybridized carbons (Fsp3) is 0.714. The van der Waals surface area contributed by atoms with Crippen molar-refractivity contribution in [1.82, 2.24) is 5.32 Å². The molecule has 1 saturated carbocycles. The van der Waals surface area contributed by atoms with Crippen LogP contribution in [0, 0.1) is 6.92 Å². The van der Waals surface area contributed by atoms with E-state index in [9.17, 15) is 4.79 Å². The second kappa shape index (κ2) is 3.44. The molecule has 57 valence electrons. The highest BCUT2D eigenvalue weighted by molar-refractivity contribution is 5.67. The fourth-order valence-electron chi connectivity index (χ4n) is 0.601. The molecule has 1 amide bonds. The molecule has 1 N–H and O–H groups in total. The topological polar surface area (TPSA) is 38.3 Å². The van der Waals surface area contributed by atoms with Gasteiger partial charge in [0.15, 0.2) is 0 Å². The second-order valence-corrected chi connectivity index (χ2v) is 2.41. The summed E-state index contributed by atoms with van der Waals surface area (Å²) in [6.07, 6.45) is 2.53. The third-order valence-electron chi connectivity index (χ3n) is 1.28. The van der Waals surface area contributed by atoms with E-state index in [1.54, 1.807) is 0 Å². The van der Waals surface area contributed by atoms with Crippen LogP contribution in [-0.4, -0.2) is 18.7 Å². The Morgan fingerprint density at radius 3 is 2.90 bits per heavy atom. The number of alkyl carbamates (subject to hydrolysis) is 1. The predicted octanol–water partition coefficient (Wildman–Crippen LogP) is 1.10. The summed E-state index contributed by atoms with van der Waals surface area (Å²) in [5.74, 6) is 0. The summed E-state index contributed by atoms with van der Waals surface area (Å²) in [4.78, 5) is 10.7. The number of rotatable bonds is 3. The van der Waals surface area contributed by atoms with Crippen LogP contribution >= 0.6 is 0 Å². The molecule has 0 atom stereocenters. The molecule has 0 saturated heterocycles. The van der Waals surface area contributed by atoms with Gasteiger partial charge in [0.05, 0.1) is 6.61 Å². The average molecular weight is 142 g/mol. The molecule has 1 radical (unpaired) electrons. The highest BCUT2D eigenvalue weighted by atomic mass is 16.5. The highest BCUT2D eigenvalue weighted by Gasteiger charge is 2.23. The van der Waals surface area contributed by atoms with Gasteiger partial charge in [-0.2, -0.15) is 0 Å². The Morgan fingerprint density at radius 2 is 2.40 bits per heavy atom. The van der Waals surface area contributed by atoms with E-state index in [1.807, 2.05) is 0 Å². The van der Waals surface area contributed by atoms with E-state index >= 15 is 0 Å². The number of carbonyl (C=O) groups is 1. The zero-order chi connectivity index (χ0) is 7.40. The number of nitrogens with one attached hydrogen (secondary N) is 1. The Morgan fingerprint density at radius 1 is 1.70 bits per heavy atom. The van der Waals surface area contributed by atoms with Crippen molar-refractivity contribution in [2.45, 2.75) is 25.3 Å². The Hall–Kier alpha value is -0.730. The van der Waals surface area contributed by atoms with Crippen LogP contribution in [0.3, 0.4) is 0 Å². The molecule has 10 heavy (non-hydrogen) atoms. The first-order valence-corrected chi connectivity index (χ1v) is 3.55. The van der Waals surface area contributed by atoms with Crippen molar-refractivity contribution in [3.05, 3.63) is 6.92 Å². The Kier molecular flexibility index (Phi) is 2.54. The first-order chi connectivity index (χ1) is 4.83. The van der Waals surface area contributed by atoms with Crippen LogP contribution in [0.5, 0.6) is 0 Å². The van der Waals surface area contributed by atoms with Gasteiger partial charge in [-0.05, 0) is 26.2 Å². The van der Waals surface area contributed by atoms with Gasteiger partial charge in [-0.15, -0.1) is 0 Å². The molecule has 0 bridgehead atoms. The van der Waals surface area contributed by atoms with Gasteiger partial charge < -0.3 is 10.1 Å². The Balaban J connectivity index is 1.97. The van der Waals surface area contributed by atoms with Gasteiger partial charge in [0.25, 0.3) is 0 Å². The molecule has 0 spiro atoms. The van der Waals surface area contributed by atoms with E-state index in [4.69, 9.17) is 4.74 Å². The summed E-state index contributed by atoms with van der Waals surface area (Å²) >= 11 is 0. The maximum absolute atomic E-state index is 10.7. The van der Waals surface area contributed by atoms with Crippen LogP contribution in [0.15, 0.2) is 0 Å². The molecule has 0 heterocycles. The van der Waals surface area contributed by atoms with E-state index in [0.29, 0.717) is 19.1 Å². The predicted molar refractivity (Wildman–Crippen MR) is 37.5 cm³/mol. The number of hydrogen-bond acceptors (Lipinski definition) is 2.